The molecule has 1 heterocycles. The molecule has 3 amide bonds. The van der Waals surface area contributed by atoms with Crippen LogP contribution in [0.3, 0.4) is 0 Å². The zero-order chi connectivity index (χ0) is 14.4. The fourth-order valence-electron chi connectivity index (χ4n) is 1.95. The van der Waals surface area contributed by atoms with Crippen LogP contribution in [-0.2, 0) is 9.59 Å². The van der Waals surface area contributed by atoms with Crippen LogP contribution in [0.5, 0.6) is 0 Å². The van der Waals surface area contributed by atoms with Crippen LogP contribution < -0.4 is 10.6 Å². The highest BCUT2D eigenvalue weighted by molar-refractivity contribution is 5.90. The lowest BCUT2D eigenvalue weighted by Crippen LogP contribution is -2.62. The summed E-state index contributed by atoms with van der Waals surface area (Å²) in [6.45, 7) is 3.66. The predicted octanol–water partition coefficient (Wildman–Crippen LogP) is 0.160. The highest BCUT2D eigenvalue weighted by Gasteiger charge is 2.35. The first-order chi connectivity index (χ1) is 8.95. The van der Waals surface area contributed by atoms with Gasteiger partial charge in [0.2, 0.25) is 5.91 Å². The van der Waals surface area contributed by atoms with Gasteiger partial charge in [0.25, 0.3) is 0 Å². The third-order valence-corrected chi connectivity index (χ3v) is 3.09. The number of unbranched alkanes of at least 4 members (excludes halogenated alkanes) is 1. The third-order valence-electron chi connectivity index (χ3n) is 3.09. The number of nitrogens with one attached hydrogen (secondary N) is 2. The molecule has 1 fully saturated rings. The van der Waals surface area contributed by atoms with Gasteiger partial charge in [0.05, 0.1) is 0 Å². The molecule has 0 spiro atoms. The normalized spacial score (nSPS) is 20.6. The van der Waals surface area contributed by atoms with E-state index in [2.05, 4.69) is 17.6 Å². The van der Waals surface area contributed by atoms with Crippen LogP contribution in [0, 0.1) is 0 Å². The molecule has 3 N–H and O–H groups in total. The summed E-state index contributed by atoms with van der Waals surface area (Å²) in [5.74, 6) is -1.45. The molecular formula is C12H21N3O4. The van der Waals surface area contributed by atoms with Crippen LogP contribution in [0.4, 0.5) is 4.79 Å². The molecule has 0 aromatic rings. The first-order valence-electron chi connectivity index (χ1n) is 6.52. The highest BCUT2D eigenvalue weighted by atomic mass is 16.4. The SMILES string of the molecule is CCCCC(C)NC(=O)N1CC(=O)NCC1C(=O)O. The quantitative estimate of drug-likeness (QED) is 0.663. The number of hydrogen-bond donors (Lipinski definition) is 3. The molecule has 7 heteroatoms. The number of carboxylic acids is 1. The summed E-state index contributed by atoms with van der Waals surface area (Å²) < 4.78 is 0. The summed E-state index contributed by atoms with van der Waals surface area (Å²) in [5.41, 5.74) is 0. The fraction of sp³-hybridized carbons (Fsp3) is 0.750. The van der Waals surface area contributed by atoms with Gasteiger partial charge in [-0.05, 0) is 13.3 Å². The van der Waals surface area contributed by atoms with Crippen molar-refractivity contribution >= 4 is 17.9 Å². The molecule has 0 aromatic carbocycles. The highest BCUT2D eigenvalue weighted by Crippen LogP contribution is 2.07. The third kappa shape index (κ3) is 4.42. The van der Waals surface area contributed by atoms with Crippen molar-refractivity contribution in [3.05, 3.63) is 0 Å². The molecule has 1 saturated heterocycles. The van der Waals surface area contributed by atoms with Crippen LogP contribution in [0.15, 0.2) is 0 Å². The van der Waals surface area contributed by atoms with Crippen molar-refractivity contribution in [2.45, 2.75) is 45.2 Å². The lowest BCUT2D eigenvalue weighted by molar-refractivity contribution is -0.144. The van der Waals surface area contributed by atoms with E-state index in [-0.39, 0.29) is 25.0 Å². The molecule has 1 aliphatic heterocycles. The lowest BCUT2D eigenvalue weighted by Gasteiger charge is -2.33. The number of carboxylic acid groups (broad SMARTS) is 1. The summed E-state index contributed by atoms with van der Waals surface area (Å²) in [6.07, 6.45) is 2.86. The van der Waals surface area contributed by atoms with Crippen molar-refractivity contribution in [3.8, 4) is 0 Å². The number of amides is 3. The van der Waals surface area contributed by atoms with Gasteiger partial charge in [-0.3, -0.25) is 9.69 Å². The Hall–Kier alpha value is -1.79. The standard InChI is InChI=1S/C12H21N3O4/c1-3-4-5-8(2)14-12(19)15-7-10(16)13-6-9(15)11(17)18/h8-9H,3-7H2,1-2H3,(H,13,16)(H,14,19)(H,17,18). The Kier molecular flexibility index (Phi) is 5.59. The van der Waals surface area contributed by atoms with Gasteiger partial charge in [-0.2, -0.15) is 0 Å². The summed E-state index contributed by atoms with van der Waals surface area (Å²) in [6, 6.07) is -1.53. The van der Waals surface area contributed by atoms with Crippen LogP contribution in [-0.4, -0.2) is 53.1 Å². The smallest absolute Gasteiger partial charge is 0.328 e. The maximum absolute atomic E-state index is 12.0. The molecule has 0 saturated carbocycles. The maximum atomic E-state index is 12.0. The lowest BCUT2D eigenvalue weighted by atomic mass is 10.1. The van der Waals surface area contributed by atoms with Crippen LogP contribution >= 0.6 is 0 Å². The Labute approximate surface area is 112 Å². The topological polar surface area (TPSA) is 98.7 Å². The van der Waals surface area contributed by atoms with E-state index in [0.717, 1.165) is 24.2 Å². The Morgan fingerprint density at radius 3 is 2.84 bits per heavy atom. The largest absolute Gasteiger partial charge is 0.480 e. The van der Waals surface area contributed by atoms with Crippen molar-refractivity contribution in [1.82, 2.24) is 15.5 Å². The maximum Gasteiger partial charge on any atom is 0.328 e. The van der Waals surface area contributed by atoms with Crippen LogP contribution in [0.2, 0.25) is 0 Å². The monoisotopic (exact) mass is 271 g/mol. The van der Waals surface area contributed by atoms with E-state index in [1.165, 1.54) is 0 Å². The van der Waals surface area contributed by atoms with Crippen molar-refractivity contribution in [1.29, 1.82) is 0 Å². The number of carbonyl (C=O) groups is 3. The summed E-state index contributed by atoms with van der Waals surface area (Å²) in [5, 5.41) is 14.2. The van der Waals surface area contributed by atoms with E-state index in [9.17, 15) is 14.4 Å². The van der Waals surface area contributed by atoms with Crippen molar-refractivity contribution in [3.63, 3.8) is 0 Å². The number of rotatable bonds is 5. The van der Waals surface area contributed by atoms with Gasteiger partial charge in [-0.1, -0.05) is 19.8 Å². The minimum Gasteiger partial charge on any atom is -0.480 e. The molecule has 1 rings (SSSR count). The number of aliphatic carboxylic acids is 1. The molecular weight excluding hydrogens is 250 g/mol. The minimum atomic E-state index is -1.11. The first kappa shape index (κ1) is 15.3. The zero-order valence-electron chi connectivity index (χ0n) is 11.3. The number of urea groups is 1. The second-order valence-corrected chi connectivity index (χ2v) is 4.78. The molecule has 19 heavy (non-hydrogen) atoms. The van der Waals surface area contributed by atoms with Crippen molar-refractivity contribution in [2.24, 2.45) is 0 Å². The van der Waals surface area contributed by atoms with E-state index in [1.54, 1.807) is 0 Å². The Bertz CT molecular complexity index is 359. The second-order valence-electron chi connectivity index (χ2n) is 4.78. The number of piperazine rings is 1. The zero-order valence-corrected chi connectivity index (χ0v) is 11.3. The summed E-state index contributed by atoms with van der Waals surface area (Å²) in [7, 11) is 0. The predicted molar refractivity (Wildman–Crippen MR) is 68.7 cm³/mol. The molecule has 2 atom stereocenters. The van der Waals surface area contributed by atoms with E-state index in [1.807, 2.05) is 6.92 Å². The molecule has 0 bridgehead atoms. The number of hydrogen-bond acceptors (Lipinski definition) is 3. The van der Waals surface area contributed by atoms with Gasteiger partial charge < -0.3 is 15.7 Å². The van der Waals surface area contributed by atoms with Gasteiger partial charge in [0.15, 0.2) is 0 Å². The van der Waals surface area contributed by atoms with E-state index < -0.39 is 18.0 Å². The Balaban J connectivity index is 2.60. The average Bonchev–Trinajstić information content (AvgIpc) is 2.35. The Morgan fingerprint density at radius 1 is 1.58 bits per heavy atom. The van der Waals surface area contributed by atoms with Crippen molar-refractivity contribution in [2.75, 3.05) is 13.1 Å². The molecule has 1 aliphatic rings. The minimum absolute atomic E-state index is 0.0353. The van der Waals surface area contributed by atoms with Crippen LogP contribution in [0.1, 0.15) is 33.1 Å². The summed E-state index contributed by atoms with van der Waals surface area (Å²) >= 11 is 0. The molecule has 0 aromatic heterocycles. The van der Waals surface area contributed by atoms with E-state index in [4.69, 9.17) is 5.11 Å². The number of carbonyl (C=O) groups excluding carboxylic acids is 2. The molecule has 7 nitrogen and oxygen atoms in total. The van der Waals surface area contributed by atoms with E-state index in [0.29, 0.717) is 0 Å². The second kappa shape index (κ2) is 6.96. The molecule has 108 valence electrons. The molecule has 2 unspecified atom stereocenters. The fourth-order valence-corrected chi connectivity index (χ4v) is 1.95. The Morgan fingerprint density at radius 2 is 2.26 bits per heavy atom. The van der Waals surface area contributed by atoms with Crippen molar-refractivity contribution < 1.29 is 19.5 Å². The van der Waals surface area contributed by atoms with Gasteiger partial charge in [0.1, 0.15) is 12.6 Å². The van der Waals surface area contributed by atoms with Gasteiger partial charge in [0, 0.05) is 12.6 Å². The number of nitrogens with zero attached hydrogens (tertiary/aromatic N) is 1. The first-order valence-corrected chi connectivity index (χ1v) is 6.52. The van der Waals surface area contributed by atoms with E-state index >= 15 is 0 Å². The van der Waals surface area contributed by atoms with Gasteiger partial charge in [-0.15, -0.1) is 0 Å². The average molecular weight is 271 g/mol. The summed E-state index contributed by atoms with van der Waals surface area (Å²) in [4.78, 5) is 35.4. The molecule has 0 aliphatic carbocycles. The molecule has 0 radical (unpaired) electrons. The van der Waals surface area contributed by atoms with Crippen LogP contribution in [0.25, 0.3) is 0 Å². The van der Waals surface area contributed by atoms with Gasteiger partial charge in [-0.25, -0.2) is 9.59 Å². The van der Waals surface area contributed by atoms with Gasteiger partial charge >= 0.3 is 12.0 Å².